The van der Waals surface area contributed by atoms with Gasteiger partial charge in [0.1, 0.15) is 0 Å². The van der Waals surface area contributed by atoms with E-state index in [1.807, 2.05) is 0 Å². The summed E-state index contributed by atoms with van der Waals surface area (Å²) in [5.74, 6) is -0.195. The van der Waals surface area contributed by atoms with Crippen LogP contribution < -0.4 is 5.73 Å². The third-order valence-electron chi connectivity index (χ3n) is 3.51. The van der Waals surface area contributed by atoms with Crippen LogP contribution in [-0.4, -0.2) is 67.0 Å². The minimum atomic E-state index is -0.124. The molecule has 0 aromatic carbocycles. The predicted molar refractivity (Wildman–Crippen MR) is 65.8 cm³/mol. The lowest BCUT2D eigenvalue weighted by atomic mass is 10.1. The highest BCUT2D eigenvalue weighted by molar-refractivity contribution is 5.96. The molecule has 2 N–H and O–H groups in total. The maximum Gasteiger partial charge on any atom is 0.230 e. The lowest BCUT2D eigenvalue weighted by Crippen LogP contribution is -2.48. The quantitative estimate of drug-likeness (QED) is 0.713. The van der Waals surface area contributed by atoms with Crippen LogP contribution >= 0.6 is 0 Å². The van der Waals surface area contributed by atoms with Crippen LogP contribution in [0.3, 0.4) is 0 Å². The van der Waals surface area contributed by atoms with Crippen LogP contribution in [0.4, 0.5) is 0 Å². The summed E-state index contributed by atoms with van der Waals surface area (Å²) in [5.41, 5.74) is 5.70. The van der Waals surface area contributed by atoms with Gasteiger partial charge in [0.25, 0.3) is 0 Å². The number of imide groups is 1. The molecule has 6 heteroatoms. The Labute approximate surface area is 107 Å². The Morgan fingerprint density at radius 3 is 2.72 bits per heavy atom. The first kappa shape index (κ1) is 13.5. The van der Waals surface area contributed by atoms with Crippen molar-refractivity contribution in [3.63, 3.8) is 0 Å². The van der Waals surface area contributed by atoms with Gasteiger partial charge in [-0.25, -0.2) is 0 Å². The highest BCUT2D eigenvalue weighted by atomic mass is 16.5. The first-order chi connectivity index (χ1) is 8.66. The van der Waals surface area contributed by atoms with Crippen molar-refractivity contribution in [3.8, 4) is 0 Å². The second kappa shape index (κ2) is 6.26. The lowest BCUT2D eigenvalue weighted by Gasteiger charge is -2.30. The van der Waals surface area contributed by atoms with E-state index >= 15 is 0 Å². The number of hydrogen-bond donors (Lipinski definition) is 1. The van der Waals surface area contributed by atoms with Crippen LogP contribution in [0.5, 0.6) is 0 Å². The summed E-state index contributed by atoms with van der Waals surface area (Å²) >= 11 is 0. The van der Waals surface area contributed by atoms with Crippen LogP contribution in [0.15, 0.2) is 0 Å². The standard InChI is InChI=1S/C12H21N3O3/c13-10-1-4-15(12(17)9-10)11(16)2-3-14-5-7-18-8-6-14/h10H,1-9,13H2. The van der Waals surface area contributed by atoms with Crippen molar-refractivity contribution >= 4 is 11.8 Å². The van der Waals surface area contributed by atoms with Crippen LogP contribution in [-0.2, 0) is 14.3 Å². The molecule has 18 heavy (non-hydrogen) atoms. The molecule has 1 unspecified atom stereocenters. The fourth-order valence-corrected chi connectivity index (χ4v) is 2.33. The molecular formula is C12H21N3O3. The molecule has 2 fully saturated rings. The summed E-state index contributed by atoms with van der Waals surface area (Å²) in [6.45, 7) is 4.37. The van der Waals surface area contributed by atoms with Gasteiger partial charge in [-0.1, -0.05) is 0 Å². The van der Waals surface area contributed by atoms with Gasteiger partial charge in [0, 0.05) is 45.1 Å². The zero-order chi connectivity index (χ0) is 13.0. The summed E-state index contributed by atoms with van der Waals surface area (Å²) in [4.78, 5) is 27.2. The molecule has 0 aromatic rings. The van der Waals surface area contributed by atoms with Gasteiger partial charge in [0.05, 0.1) is 13.2 Å². The van der Waals surface area contributed by atoms with E-state index in [0.29, 0.717) is 25.9 Å². The van der Waals surface area contributed by atoms with Gasteiger partial charge in [0.2, 0.25) is 11.8 Å². The monoisotopic (exact) mass is 255 g/mol. The number of nitrogens with zero attached hydrogens (tertiary/aromatic N) is 2. The third kappa shape index (κ3) is 3.51. The zero-order valence-electron chi connectivity index (χ0n) is 10.6. The average Bonchev–Trinajstić information content (AvgIpc) is 2.37. The average molecular weight is 255 g/mol. The summed E-state index contributed by atoms with van der Waals surface area (Å²) in [5, 5.41) is 0. The summed E-state index contributed by atoms with van der Waals surface area (Å²) in [6, 6.07) is -0.0826. The molecule has 2 saturated heterocycles. The highest BCUT2D eigenvalue weighted by Gasteiger charge is 2.28. The summed E-state index contributed by atoms with van der Waals surface area (Å²) < 4.78 is 5.25. The van der Waals surface area contributed by atoms with Gasteiger partial charge in [-0.2, -0.15) is 0 Å². The Balaban J connectivity index is 1.75. The second-order valence-electron chi connectivity index (χ2n) is 4.90. The molecule has 2 amide bonds. The van der Waals surface area contributed by atoms with E-state index in [-0.39, 0.29) is 17.9 Å². The molecule has 2 rings (SSSR count). The normalized spacial score (nSPS) is 26.4. The molecule has 0 spiro atoms. The van der Waals surface area contributed by atoms with Crippen LogP contribution in [0.25, 0.3) is 0 Å². The molecule has 0 radical (unpaired) electrons. The Hall–Kier alpha value is -0.980. The van der Waals surface area contributed by atoms with Crippen molar-refractivity contribution in [2.75, 3.05) is 39.4 Å². The van der Waals surface area contributed by atoms with E-state index in [0.717, 1.165) is 32.7 Å². The van der Waals surface area contributed by atoms with Crippen LogP contribution in [0.1, 0.15) is 19.3 Å². The van der Waals surface area contributed by atoms with Crippen molar-refractivity contribution in [2.45, 2.75) is 25.3 Å². The molecule has 1 atom stereocenters. The Morgan fingerprint density at radius 1 is 1.33 bits per heavy atom. The molecule has 102 valence electrons. The number of ether oxygens (including phenoxy) is 1. The first-order valence-electron chi connectivity index (χ1n) is 6.55. The molecule has 2 aliphatic heterocycles. The van der Waals surface area contributed by atoms with Crippen molar-refractivity contribution in [1.29, 1.82) is 0 Å². The Kier molecular flexibility index (Phi) is 4.68. The molecule has 0 aromatic heterocycles. The number of morpholine rings is 1. The number of carbonyl (C=O) groups is 2. The molecule has 0 aliphatic carbocycles. The van der Waals surface area contributed by atoms with Gasteiger partial charge in [-0.05, 0) is 6.42 Å². The molecule has 0 saturated carbocycles. The van der Waals surface area contributed by atoms with Crippen LogP contribution in [0, 0.1) is 0 Å². The molecule has 2 heterocycles. The van der Waals surface area contributed by atoms with Gasteiger partial charge in [0.15, 0.2) is 0 Å². The largest absolute Gasteiger partial charge is 0.379 e. The van der Waals surface area contributed by atoms with Gasteiger partial charge in [-0.15, -0.1) is 0 Å². The van der Waals surface area contributed by atoms with E-state index in [9.17, 15) is 9.59 Å². The molecular weight excluding hydrogens is 234 g/mol. The van der Waals surface area contributed by atoms with Crippen molar-refractivity contribution in [3.05, 3.63) is 0 Å². The smallest absolute Gasteiger partial charge is 0.230 e. The first-order valence-corrected chi connectivity index (χ1v) is 6.55. The maximum atomic E-state index is 12.0. The van der Waals surface area contributed by atoms with Crippen LogP contribution in [0.2, 0.25) is 0 Å². The molecule has 6 nitrogen and oxygen atoms in total. The SMILES string of the molecule is NC1CCN(C(=O)CCN2CCOCC2)C(=O)C1. The fourth-order valence-electron chi connectivity index (χ4n) is 2.33. The fraction of sp³-hybridized carbons (Fsp3) is 0.833. The number of nitrogens with two attached hydrogens (primary N) is 1. The van der Waals surface area contributed by atoms with E-state index in [1.165, 1.54) is 4.90 Å². The zero-order valence-corrected chi connectivity index (χ0v) is 10.6. The summed E-state index contributed by atoms with van der Waals surface area (Å²) in [6.07, 6.45) is 1.42. The minimum absolute atomic E-state index is 0.0709. The number of amides is 2. The number of hydrogen-bond acceptors (Lipinski definition) is 5. The number of piperidine rings is 1. The maximum absolute atomic E-state index is 12.0. The Morgan fingerprint density at radius 2 is 2.06 bits per heavy atom. The third-order valence-corrected chi connectivity index (χ3v) is 3.51. The van der Waals surface area contributed by atoms with Gasteiger partial charge in [-0.3, -0.25) is 19.4 Å². The number of carbonyl (C=O) groups excluding carboxylic acids is 2. The van der Waals surface area contributed by atoms with E-state index in [1.54, 1.807) is 0 Å². The molecule has 2 aliphatic rings. The van der Waals surface area contributed by atoms with E-state index < -0.39 is 0 Å². The Bertz CT molecular complexity index is 316. The van der Waals surface area contributed by atoms with E-state index in [4.69, 9.17) is 10.5 Å². The highest BCUT2D eigenvalue weighted by Crippen LogP contribution is 2.11. The van der Waals surface area contributed by atoms with Gasteiger partial charge >= 0.3 is 0 Å². The minimum Gasteiger partial charge on any atom is -0.379 e. The lowest BCUT2D eigenvalue weighted by molar-refractivity contribution is -0.147. The second-order valence-corrected chi connectivity index (χ2v) is 4.90. The number of rotatable bonds is 3. The predicted octanol–water partition coefficient (Wildman–Crippen LogP) is -0.815. The van der Waals surface area contributed by atoms with Gasteiger partial charge < -0.3 is 10.5 Å². The van der Waals surface area contributed by atoms with Crippen molar-refractivity contribution in [2.24, 2.45) is 5.73 Å². The van der Waals surface area contributed by atoms with Crippen molar-refractivity contribution in [1.82, 2.24) is 9.80 Å². The molecule has 0 bridgehead atoms. The topological polar surface area (TPSA) is 75.9 Å². The number of likely N-dealkylation sites (tertiary alicyclic amines) is 1. The van der Waals surface area contributed by atoms with Crippen molar-refractivity contribution < 1.29 is 14.3 Å². The van der Waals surface area contributed by atoms with E-state index in [2.05, 4.69) is 4.90 Å². The summed E-state index contributed by atoms with van der Waals surface area (Å²) in [7, 11) is 0.